The van der Waals surface area contributed by atoms with Crippen molar-refractivity contribution in [2.24, 2.45) is 11.8 Å². The fourth-order valence-electron chi connectivity index (χ4n) is 3.26. The molecule has 84 valence electrons. The Morgan fingerprint density at radius 2 is 2.00 bits per heavy atom. The van der Waals surface area contributed by atoms with Crippen LogP contribution in [0, 0.1) is 11.8 Å². The van der Waals surface area contributed by atoms with Crippen molar-refractivity contribution in [3.63, 3.8) is 0 Å². The van der Waals surface area contributed by atoms with Crippen LogP contribution in [0.15, 0.2) is 22.8 Å². The van der Waals surface area contributed by atoms with Gasteiger partial charge >= 0.3 is 0 Å². The van der Waals surface area contributed by atoms with Crippen molar-refractivity contribution in [3.8, 4) is 0 Å². The SMILES string of the molecule is CC(C)=C[C@@H]1CCC(C)=C2CCC(O)[C@@H]21. The van der Waals surface area contributed by atoms with Gasteiger partial charge in [-0.05, 0) is 52.4 Å². The van der Waals surface area contributed by atoms with Crippen molar-refractivity contribution < 1.29 is 5.11 Å². The molecule has 2 aliphatic rings. The van der Waals surface area contributed by atoms with Crippen LogP contribution in [0.1, 0.15) is 46.5 Å². The lowest BCUT2D eigenvalue weighted by molar-refractivity contribution is 0.116. The van der Waals surface area contributed by atoms with Crippen molar-refractivity contribution in [1.29, 1.82) is 0 Å². The first kappa shape index (κ1) is 10.9. The van der Waals surface area contributed by atoms with Crippen molar-refractivity contribution in [1.82, 2.24) is 0 Å². The summed E-state index contributed by atoms with van der Waals surface area (Å²) < 4.78 is 0. The van der Waals surface area contributed by atoms with Gasteiger partial charge < -0.3 is 5.11 Å². The van der Waals surface area contributed by atoms with E-state index in [0.717, 1.165) is 12.8 Å². The van der Waals surface area contributed by atoms with Crippen LogP contribution in [-0.4, -0.2) is 11.2 Å². The minimum absolute atomic E-state index is 0.0872. The van der Waals surface area contributed by atoms with Crippen LogP contribution in [0.25, 0.3) is 0 Å². The molecule has 0 aromatic carbocycles. The molecule has 3 atom stereocenters. The van der Waals surface area contributed by atoms with Gasteiger partial charge in [0.25, 0.3) is 0 Å². The molecule has 0 aromatic heterocycles. The molecule has 1 heteroatoms. The lowest BCUT2D eigenvalue weighted by atomic mass is 9.75. The van der Waals surface area contributed by atoms with Crippen molar-refractivity contribution in [3.05, 3.63) is 22.8 Å². The largest absolute Gasteiger partial charge is 0.392 e. The summed E-state index contributed by atoms with van der Waals surface area (Å²) in [6, 6.07) is 0. The second-order valence-corrected chi connectivity index (χ2v) is 5.38. The van der Waals surface area contributed by atoms with E-state index in [-0.39, 0.29) is 6.10 Å². The molecule has 1 saturated carbocycles. The first-order valence-electron chi connectivity index (χ1n) is 6.11. The second kappa shape index (κ2) is 4.13. The first-order valence-corrected chi connectivity index (χ1v) is 6.11. The van der Waals surface area contributed by atoms with Crippen LogP contribution in [0.5, 0.6) is 0 Å². The smallest absolute Gasteiger partial charge is 0.0614 e. The fourth-order valence-corrected chi connectivity index (χ4v) is 3.26. The third-order valence-electron chi connectivity index (χ3n) is 3.94. The van der Waals surface area contributed by atoms with Crippen LogP contribution in [0.3, 0.4) is 0 Å². The lowest BCUT2D eigenvalue weighted by Gasteiger charge is -2.31. The highest BCUT2D eigenvalue weighted by atomic mass is 16.3. The highest BCUT2D eigenvalue weighted by molar-refractivity contribution is 5.27. The van der Waals surface area contributed by atoms with Gasteiger partial charge in [-0.2, -0.15) is 0 Å². The topological polar surface area (TPSA) is 20.2 Å². The van der Waals surface area contributed by atoms with E-state index < -0.39 is 0 Å². The quantitative estimate of drug-likeness (QED) is 0.651. The highest BCUT2D eigenvalue weighted by Crippen LogP contribution is 2.45. The van der Waals surface area contributed by atoms with Gasteiger partial charge in [0.05, 0.1) is 6.10 Å². The molecular formula is C14H22O. The molecule has 0 aromatic rings. The molecule has 2 aliphatic carbocycles. The Morgan fingerprint density at radius 1 is 1.27 bits per heavy atom. The number of hydrogen-bond acceptors (Lipinski definition) is 1. The number of fused-ring (bicyclic) bond motifs is 1. The Hall–Kier alpha value is -0.560. The number of aliphatic hydroxyl groups is 1. The average molecular weight is 206 g/mol. The molecular weight excluding hydrogens is 184 g/mol. The number of hydrogen-bond donors (Lipinski definition) is 1. The molecule has 0 saturated heterocycles. The first-order chi connectivity index (χ1) is 7.09. The Morgan fingerprint density at radius 3 is 2.67 bits per heavy atom. The predicted molar refractivity (Wildman–Crippen MR) is 63.6 cm³/mol. The molecule has 0 heterocycles. The molecule has 1 N–H and O–H groups in total. The second-order valence-electron chi connectivity index (χ2n) is 5.38. The summed E-state index contributed by atoms with van der Waals surface area (Å²) in [5.74, 6) is 1.03. The van der Waals surface area contributed by atoms with E-state index in [1.54, 1.807) is 11.1 Å². The molecule has 0 spiro atoms. The molecule has 1 fully saturated rings. The highest BCUT2D eigenvalue weighted by Gasteiger charge is 2.38. The summed E-state index contributed by atoms with van der Waals surface area (Å²) in [5.41, 5.74) is 4.50. The standard InChI is InChI=1S/C14H22O/c1-9(2)8-11-5-4-10(3)12-6-7-13(15)14(11)12/h8,11,13-15H,4-7H2,1-3H3/t11-,13?,14+/m0/s1. The summed E-state index contributed by atoms with van der Waals surface area (Å²) >= 11 is 0. The molecule has 0 bridgehead atoms. The third-order valence-corrected chi connectivity index (χ3v) is 3.94. The van der Waals surface area contributed by atoms with Gasteiger partial charge in [-0.15, -0.1) is 0 Å². The zero-order valence-corrected chi connectivity index (χ0v) is 10.1. The lowest BCUT2D eigenvalue weighted by Crippen LogP contribution is -2.26. The van der Waals surface area contributed by atoms with E-state index >= 15 is 0 Å². The van der Waals surface area contributed by atoms with Crippen molar-refractivity contribution in [2.75, 3.05) is 0 Å². The summed E-state index contributed by atoms with van der Waals surface area (Å²) in [6.45, 7) is 6.57. The summed E-state index contributed by atoms with van der Waals surface area (Å²) in [4.78, 5) is 0. The zero-order chi connectivity index (χ0) is 11.0. The van der Waals surface area contributed by atoms with Gasteiger partial charge in [0, 0.05) is 5.92 Å². The third kappa shape index (κ3) is 2.03. The predicted octanol–water partition coefficient (Wildman–Crippen LogP) is 3.45. The minimum atomic E-state index is -0.0872. The zero-order valence-electron chi connectivity index (χ0n) is 10.1. The van der Waals surface area contributed by atoms with Gasteiger partial charge in [0.2, 0.25) is 0 Å². The van der Waals surface area contributed by atoms with E-state index in [1.165, 1.54) is 18.4 Å². The maximum Gasteiger partial charge on any atom is 0.0614 e. The maximum atomic E-state index is 10.1. The Labute approximate surface area is 92.9 Å². The number of aliphatic hydroxyl groups excluding tert-OH is 1. The Bertz CT molecular complexity index is 307. The molecule has 15 heavy (non-hydrogen) atoms. The Kier molecular flexibility index (Phi) is 3.01. The summed E-state index contributed by atoms with van der Waals surface area (Å²) in [7, 11) is 0. The maximum absolute atomic E-state index is 10.1. The molecule has 0 aliphatic heterocycles. The Balaban J connectivity index is 2.28. The van der Waals surface area contributed by atoms with E-state index in [9.17, 15) is 5.11 Å². The van der Waals surface area contributed by atoms with Gasteiger partial charge in [-0.25, -0.2) is 0 Å². The van der Waals surface area contributed by atoms with E-state index in [1.807, 2.05) is 0 Å². The van der Waals surface area contributed by atoms with Gasteiger partial charge in [0.15, 0.2) is 0 Å². The van der Waals surface area contributed by atoms with Crippen LogP contribution >= 0.6 is 0 Å². The monoisotopic (exact) mass is 206 g/mol. The molecule has 0 radical (unpaired) electrons. The van der Waals surface area contributed by atoms with Crippen molar-refractivity contribution >= 4 is 0 Å². The molecule has 1 unspecified atom stereocenters. The van der Waals surface area contributed by atoms with Crippen LogP contribution in [0.4, 0.5) is 0 Å². The van der Waals surface area contributed by atoms with Crippen molar-refractivity contribution in [2.45, 2.75) is 52.6 Å². The van der Waals surface area contributed by atoms with Crippen LogP contribution in [0.2, 0.25) is 0 Å². The van der Waals surface area contributed by atoms with Gasteiger partial charge in [0.1, 0.15) is 0 Å². The van der Waals surface area contributed by atoms with E-state index in [0.29, 0.717) is 11.8 Å². The molecule has 2 rings (SSSR count). The molecule has 1 nitrogen and oxygen atoms in total. The summed E-state index contributed by atoms with van der Waals surface area (Å²) in [6.07, 6.45) is 6.84. The minimum Gasteiger partial charge on any atom is -0.392 e. The fraction of sp³-hybridized carbons (Fsp3) is 0.714. The van der Waals surface area contributed by atoms with E-state index in [2.05, 4.69) is 26.8 Å². The average Bonchev–Trinajstić information content (AvgIpc) is 2.54. The van der Waals surface area contributed by atoms with E-state index in [4.69, 9.17) is 0 Å². The molecule has 0 amide bonds. The van der Waals surface area contributed by atoms with Crippen LogP contribution in [-0.2, 0) is 0 Å². The van der Waals surface area contributed by atoms with Crippen LogP contribution < -0.4 is 0 Å². The normalized spacial score (nSPS) is 35.3. The van der Waals surface area contributed by atoms with Gasteiger partial charge in [-0.3, -0.25) is 0 Å². The summed E-state index contributed by atoms with van der Waals surface area (Å²) in [5, 5.41) is 10.1. The van der Waals surface area contributed by atoms with Gasteiger partial charge in [-0.1, -0.05) is 22.8 Å². The number of rotatable bonds is 1. The number of allylic oxidation sites excluding steroid dienone is 3.